The van der Waals surface area contributed by atoms with E-state index < -0.39 is 23.5 Å². The first-order valence-electron chi connectivity index (χ1n) is 10.3. The third-order valence-electron chi connectivity index (χ3n) is 5.59. The minimum atomic E-state index is -0.977. The summed E-state index contributed by atoms with van der Waals surface area (Å²) in [7, 11) is 4.23. The summed E-state index contributed by atoms with van der Waals surface area (Å²) in [5.41, 5.74) is 0.823. The number of amides is 1. The molecule has 0 radical (unpaired) electrons. The van der Waals surface area contributed by atoms with E-state index >= 15 is 0 Å². The molecule has 0 spiro atoms. The number of aromatic nitrogens is 1. The number of anilines is 1. The maximum Gasteiger partial charge on any atom is 0.300 e. The fourth-order valence-corrected chi connectivity index (χ4v) is 4.70. The third kappa shape index (κ3) is 4.15. The van der Waals surface area contributed by atoms with Crippen LogP contribution < -0.4 is 19.1 Å². The Bertz CT molecular complexity index is 1340. The molecule has 0 aliphatic carbocycles. The second kappa shape index (κ2) is 9.85. The number of aliphatic hydroxyl groups is 1. The number of Topliss-reactive ketones (excluding diaryl/α,β-unsaturated/α-hetero) is 1. The van der Waals surface area contributed by atoms with Gasteiger partial charge in [-0.05, 0) is 35.9 Å². The highest BCUT2D eigenvalue weighted by atomic mass is 35.5. The number of benzene rings is 2. The van der Waals surface area contributed by atoms with Gasteiger partial charge in [0.15, 0.2) is 11.5 Å². The molecule has 0 bridgehead atoms. The second-order valence-electron chi connectivity index (χ2n) is 7.44. The summed E-state index contributed by atoms with van der Waals surface area (Å²) in [4.78, 5) is 32.0. The molecule has 1 saturated heterocycles. The van der Waals surface area contributed by atoms with Crippen molar-refractivity contribution in [3.63, 3.8) is 0 Å². The number of nitrogens with zero attached hydrogens (tertiary/aromatic N) is 2. The van der Waals surface area contributed by atoms with E-state index in [0.29, 0.717) is 17.0 Å². The molecule has 2 aromatic carbocycles. The Balaban J connectivity index is 2.00. The molecule has 2 heterocycles. The fraction of sp³-hybridized carbons (Fsp3) is 0.160. The number of methoxy groups -OCH3 is 3. The van der Waals surface area contributed by atoms with E-state index in [1.165, 1.54) is 44.7 Å². The lowest BCUT2D eigenvalue weighted by Crippen LogP contribution is -2.29. The highest BCUT2D eigenvalue weighted by Crippen LogP contribution is 2.48. The lowest BCUT2D eigenvalue weighted by Gasteiger charge is -2.25. The molecule has 1 fully saturated rings. The monoisotopic (exact) mass is 514 g/mol. The van der Waals surface area contributed by atoms with Crippen LogP contribution in [0.5, 0.6) is 17.2 Å². The zero-order valence-electron chi connectivity index (χ0n) is 18.9. The molecule has 1 aromatic heterocycles. The Morgan fingerprint density at radius 1 is 0.971 bits per heavy atom. The van der Waals surface area contributed by atoms with Crippen LogP contribution in [0.1, 0.15) is 17.2 Å². The van der Waals surface area contributed by atoms with Gasteiger partial charge in [-0.15, -0.1) is 0 Å². The Morgan fingerprint density at radius 3 is 2.29 bits per heavy atom. The van der Waals surface area contributed by atoms with Crippen LogP contribution in [0.3, 0.4) is 0 Å². The van der Waals surface area contributed by atoms with Gasteiger partial charge in [0.05, 0.1) is 43.5 Å². The molecular formula is C25H20Cl2N2O6. The van der Waals surface area contributed by atoms with Gasteiger partial charge < -0.3 is 19.3 Å². The van der Waals surface area contributed by atoms with Gasteiger partial charge in [0, 0.05) is 24.1 Å². The molecule has 35 heavy (non-hydrogen) atoms. The molecule has 8 nitrogen and oxygen atoms in total. The number of ketones is 1. The average Bonchev–Trinajstić information content (AvgIpc) is 3.14. The van der Waals surface area contributed by atoms with Crippen molar-refractivity contribution in [1.82, 2.24) is 4.98 Å². The Kier molecular flexibility index (Phi) is 6.86. The molecule has 1 aliphatic rings. The zero-order valence-corrected chi connectivity index (χ0v) is 20.4. The number of hydrogen-bond acceptors (Lipinski definition) is 7. The van der Waals surface area contributed by atoms with E-state index in [1.54, 1.807) is 36.4 Å². The van der Waals surface area contributed by atoms with Gasteiger partial charge in [0.25, 0.3) is 11.7 Å². The first kappa shape index (κ1) is 24.4. The molecule has 180 valence electrons. The lowest BCUT2D eigenvalue weighted by molar-refractivity contribution is -0.132. The number of hydrogen-bond donors (Lipinski definition) is 1. The zero-order chi connectivity index (χ0) is 25.3. The summed E-state index contributed by atoms with van der Waals surface area (Å²) in [5.74, 6) is -1.55. The summed E-state index contributed by atoms with van der Waals surface area (Å²) < 4.78 is 15.9. The molecule has 1 amide bonds. The average molecular weight is 515 g/mol. The largest absolute Gasteiger partial charge is 0.507 e. The van der Waals surface area contributed by atoms with Gasteiger partial charge in [0.1, 0.15) is 16.5 Å². The van der Waals surface area contributed by atoms with Gasteiger partial charge in [-0.3, -0.25) is 19.5 Å². The van der Waals surface area contributed by atoms with Crippen molar-refractivity contribution in [1.29, 1.82) is 0 Å². The number of carbonyl (C=O) groups excluding carboxylic acids is 2. The van der Waals surface area contributed by atoms with Crippen molar-refractivity contribution >= 4 is 46.3 Å². The highest BCUT2D eigenvalue weighted by molar-refractivity contribution is 6.52. The Hall–Kier alpha value is -3.75. The summed E-state index contributed by atoms with van der Waals surface area (Å²) in [6.45, 7) is 0. The predicted octanol–water partition coefficient (Wildman–Crippen LogP) is 5.04. The standard InChI is InChI=1S/C25H20Cl2N2O6/c1-33-15-6-4-5-14(11-15)29-20(13-7-9-28-10-8-13)18(22(31)25(29)32)21(30)16-12-17(26)24(35-3)19(27)23(16)34-2/h4-12,20,30H,1-3H3/b21-18+. The number of carbonyl (C=O) groups is 2. The van der Waals surface area contributed by atoms with Crippen molar-refractivity contribution in [3.8, 4) is 17.2 Å². The summed E-state index contributed by atoms with van der Waals surface area (Å²) in [6, 6.07) is 10.4. The number of halogens is 2. The van der Waals surface area contributed by atoms with E-state index in [2.05, 4.69) is 4.98 Å². The topological polar surface area (TPSA) is 98.2 Å². The summed E-state index contributed by atoms with van der Waals surface area (Å²) in [5, 5.41) is 11.5. The van der Waals surface area contributed by atoms with E-state index in [9.17, 15) is 14.7 Å². The van der Waals surface area contributed by atoms with Gasteiger partial charge in [-0.1, -0.05) is 29.3 Å². The maximum absolute atomic E-state index is 13.3. The molecule has 0 saturated carbocycles. The van der Waals surface area contributed by atoms with Gasteiger partial charge in [0.2, 0.25) is 0 Å². The maximum atomic E-state index is 13.3. The molecule has 4 rings (SSSR count). The van der Waals surface area contributed by atoms with Crippen LogP contribution in [0.25, 0.3) is 5.76 Å². The first-order valence-corrected chi connectivity index (χ1v) is 11.0. The number of ether oxygens (including phenoxy) is 3. The highest BCUT2D eigenvalue weighted by Gasteiger charge is 2.47. The normalized spacial score (nSPS) is 16.9. The number of aliphatic hydroxyl groups excluding tert-OH is 1. The first-order chi connectivity index (χ1) is 16.8. The van der Waals surface area contributed by atoms with E-state index in [4.69, 9.17) is 37.4 Å². The quantitative estimate of drug-likeness (QED) is 0.279. The fourth-order valence-electron chi connectivity index (χ4n) is 4.01. The van der Waals surface area contributed by atoms with E-state index in [-0.39, 0.29) is 32.7 Å². The number of pyridine rings is 1. The van der Waals surface area contributed by atoms with Crippen LogP contribution in [-0.4, -0.2) is 43.1 Å². The van der Waals surface area contributed by atoms with Crippen LogP contribution in [-0.2, 0) is 9.59 Å². The van der Waals surface area contributed by atoms with Crippen molar-refractivity contribution in [3.05, 3.63) is 81.6 Å². The van der Waals surface area contributed by atoms with Crippen LogP contribution in [0, 0.1) is 0 Å². The van der Waals surface area contributed by atoms with Crippen molar-refractivity contribution in [2.75, 3.05) is 26.2 Å². The van der Waals surface area contributed by atoms with Gasteiger partial charge >= 0.3 is 0 Å². The van der Waals surface area contributed by atoms with E-state index in [0.717, 1.165) is 0 Å². The smallest absolute Gasteiger partial charge is 0.300 e. The molecule has 1 N–H and O–H groups in total. The molecule has 1 aliphatic heterocycles. The Morgan fingerprint density at radius 2 is 1.66 bits per heavy atom. The SMILES string of the molecule is COc1cccc(N2C(=O)C(=O)/C(=C(/O)c3cc(Cl)c(OC)c(Cl)c3OC)C2c2ccncc2)c1. The van der Waals surface area contributed by atoms with Crippen LogP contribution in [0.15, 0.2) is 60.4 Å². The van der Waals surface area contributed by atoms with E-state index in [1.807, 2.05) is 0 Å². The number of rotatable bonds is 6. The van der Waals surface area contributed by atoms with Crippen molar-refractivity contribution in [2.24, 2.45) is 0 Å². The lowest BCUT2D eigenvalue weighted by atomic mass is 9.95. The molecule has 10 heteroatoms. The van der Waals surface area contributed by atoms with Gasteiger partial charge in [-0.25, -0.2) is 0 Å². The second-order valence-corrected chi connectivity index (χ2v) is 8.22. The van der Waals surface area contributed by atoms with Crippen LogP contribution >= 0.6 is 23.2 Å². The molecule has 1 atom stereocenters. The van der Waals surface area contributed by atoms with Crippen molar-refractivity contribution < 1.29 is 28.9 Å². The minimum Gasteiger partial charge on any atom is -0.507 e. The summed E-state index contributed by atoms with van der Waals surface area (Å²) >= 11 is 12.7. The predicted molar refractivity (Wildman–Crippen MR) is 132 cm³/mol. The third-order valence-corrected chi connectivity index (χ3v) is 6.22. The molecular weight excluding hydrogens is 495 g/mol. The molecule has 3 aromatic rings. The Labute approximate surface area is 211 Å². The molecule has 1 unspecified atom stereocenters. The van der Waals surface area contributed by atoms with Crippen LogP contribution in [0.2, 0.25) is 10.0 Å². The minimum absolute atomic E-state index is 0.00605. The summed E-state index contributed by atoms with van der Waals surface area (Å²) in [6.07, 6.45) is 3.06. The van der Waals surface area contributed by atoms with Crippen LogP contribution in [0.4, 0.5) is 5.69 Å². The van der Waals surface area contributed by atoms with Gasteiger partial charge in [-0.2, -0.15) is 0 Å². The van der Waals surface area contributed by atoms with Crippen molar-refractivity contribution in [2.45, 2.75) is 6.04 Å².